The Balaban J connectivity index is 1.07. The van der Waals surface area contributed by atoms with E-state index in [-0.39, 0.29) is 65.8 Å². The summed E-state index contributed by atoms with van der Waals surface area (Å²) in [5.74, 6) is 0. The molecular formula is C113H105BN6. The average molecular weight is 1570 g/mol. The van der Waals surface area contributed by atoms with Crippen molar-refractivity contribution in [3.63, 3.8) is 0 Å². The third-order valence-corrected chi connectivity index (χ3v) is 24.7. The molecule has 2 aliphatic rings. The van der Waals surface area contributed by atoms with Crippen LogP contribution in [0.25, 0.3) is 127 Å². The smallest absolute Gasteiger partial charge is 0.252 e. The van der Waals surface area contributed by atoms with Crippen LogP contribution in [0.5, 0.6) is 0 Å². The predicted octanol–water partition coefficient (Wildman–Crippen LogP) is 28.9. The zero-order chi connectivity index (χ0) is 97.1. The number of nitrogens with zero attached hydrogens (tertiary/aromatic N) is 6. The SMILES string of the molecule is [2H]c1c([2H])c([2H])c2c(c1[2H])c1c([2H])c([2H])c([2H])c([2H])c1n2-c1ccc2c(c1)N(c1c(-c3ccccc3)cc(C(C)(C)C)cc1-c1ccccc1)c1cc(-n3c4c([2H])c([2H])c([2H])c([2H])c4c4c([2H])c([2H])c([2H])c([2H])c43)cc3c1B2c1ccc(-n2c4ccc(C(C)(C)C)cc4c4cc(C(C)(C)C)ccc42)cc1N3c1c(-c2ccccc2)cc(C(C)(C)C)cc1-c1ccc(C(C)(C)C)nc1C(C)(C)C. The molecular weight excluding hydrogens is 1450 g/mol. The molecule has 7 heteroatoms. The highest BCUT2D eigenvalue weighted by atomic mass is 15.2. The first-order chi connectivity index (χ1) is 64.0. The molecule has 6 nitrogen and oxygen atoms in total. The summed E-state index contributed by atoms with van der Waals surface area (Å²) in [6, 6.07) is 65.7. The summed E-state index contributed by atoms with van der Waals surface area (Å²) in [5.41, 5.74) is 18.5. The van der Waals surface area contributed by atoms with E-state index >= 15 is 0 Å². The van der Waals surface area contributed by atoms with Crippen LogP contribution in [0.15, 0.2) is 309 Å². The normalized spacial score (nSPS) is 15.2. The number of aromatic nitrogens is 4. The summed E-state index contributed by atoms with van der Waals surface area (Å²) in [6.45, 7) is 38.9. The lowest BCUT2D eigenvalue weighted by molar-refractivity contribution is 0.532. The number of pyridine rings is 1. The van der Waals surface area contributed by atoms with Gasteiger partial charge in [0.25, 0.3) is 6.71 Å². The number of hydrogen-bond donors (Lipinski definition) is 0. The molecule has 0 aliphatic carbocycles. The van der Waals surface area contributed by atoms with Gasteiger partial charge < -0.3 is 23.5 Å². The fourth-order valence-corrected chi connectivity index (χ4v) is 18.4. The molecule has 590 valence electrons. The molecule has 0 saturated heterocycles. The average Bonchev–Trinajstić information content (AvgIpc) is 0.867. The summed E-state index contributed by atoms with van der Waals surface area (Å²) in [7, 11) is 0. The maximum atomic E-state index is 10.5. The molecule has 120 heavy (non-hydrogen) atoms. The highest BCUT2D eigenvalue weighted by Crippen LogP contribution is 2.57. The van der Waals surface area contributed by atoms with Crippen molar-refractivity contribution in [2.75, 3.05) is 9.80 Å². The first-order valence-electron chi connectivity index (χ1n) is 49.7. The molecule has 6 heterocycles. The minimum atomic E-state index is -0.869. The first kappa shape index (κ1) is 59.9. The number of benzene rings is 14. The van der Waals surface area contributed by atoms with Gasteiger partial charge in [0.2, 0.25) is 0 Å². The van der Waals surface area contributed by atoms with Gasteiger partial charge >= 0.3 is 0 Å². The van der Waals surface area contributed by atoms with E-state index in [4.69, 9.17) is 4.98 Å². The largest absolute Gasteiger partial charge is 0.310 e. The van der Waals surface area contributed by atoms with Crippen LogP contribution in [-0.4, -0.2) is 25.4 Å². The highest BCUT2D eigenvalue weighted by Gasteiger charge is 2.47. The van der Waals surface area contributed by atoms with Gasteiger partial charge in [0, 0.05) is 111 Å². The second kappa shape index (κ2) is 27.4. The van der Waals surface area contributed by atoms with Gasteiger partial charge in [0.05, 0.1) is 77.8 Å². The molecule has 0 N–H and O–H groups in total. The van der Waals surface area contributed by atoms with Crippen LogP contribution in [0.2, 0.25) is 0 Å². The number of rotatable bonds is 9. The summed E-state index contributed by atoms with van der Waals surface area (Å²) >= 11 is 0. The van der Waals surface area contributed by atoms with E-state index in [0.29, 0.717) is 33.9 Å². The molecule has 0 spiro atoms. The zero-order valence-corrected chi connectivity index (χ0v) is 71.5. The Kier molecular flexibility index (Phi) is 13.7. The molecule has 0 bridgehead atoms. The maximum Gasteiger partial charge on any atom is 0.252 e. The summed E-state index contributed by atoms with van der Waals surface area (Å²) < 4.78 is 163. The lowest BCUT2D eigenvalue weighted by Crippen LogP contribution is -2.61. The molecule has 0 radical (unpaired) electrons. The van der Waals surface area contributed by atoms with E-state index in [0.717, 1.165) is 122 Å². The Morgan fingerprint density at radius 1 is 0.267 bits per heavy atom. The Morgan fingerprint density at radius 2 is 0.608 bits per heavy atom. The molecule has 0 unspecified atom stereocenters. The second-order valence-corrected chi connectivity index (χ2v) is 38.9. The number of fused-ring (bicyclic) bond motifs is 13. The summed E-state index contributed by atoms with van der Waals surface area (Å²) in [5, 5.41) is 1.65. The van der Waals surface area contributed by atoms with Gasteiger partial charge in [-0.05, 0) is 192 Å². The van der Waals surface area contributed by atoms with Crippen molar-refractivity contribution in [2.24, 2.45) is 0 Å². The third kappa shape index (κ3) is 12.4. The van der Waals surface area contributed by atoms with Gasteiger partial charge in [-0.15, -0.1) is 0 Å². The van der Waals surface area contributed by atoms with Crippen molar-refractivity contribution in [1.29, 1.82) is 0 Å². The second-order valence-electron chi connectivity index (χ2n) is 38.9. The molecule has 0 saturated carbocycles. The van der Waals surface area contributed by atoms with Crippen LogP contribution >= 0.6 is 0 Å². The molecule has 4 aromatic heterocycles. The van der Waals surface area contributed by atoms with Crippen LogP contribution in [0.1, 0.15) is 180 Å². The lowest BCUT2D eigenvalue weighted by Gasteiger charge is -2.46. The fraction of sp³-hybridized carbons (Fsp3) is 0.212. The standard InChI is InChI=1S/C113H105BN6/c1-108(2,3)73-50-57-97-88(60-73)89-61-74(109(4,5)6)51-58-98(89)117(97)78-53-56-92-100(67-78)120(106-87(72-40-26-21-27-41-72)64-76(111(10,11)12)65-90(106)84-54-59-103(112(13,14)15)115-107(84)113(16,17)18)102-69-79(118-95-48-34-30-44-82(95)83-45-31-35-49-96(83)118)68-101-104(102)114(92)91-55-52-77(116-93-46-32-28-42-80(93)81-43-29-33-47-94(81)116)66-99(91)119(101)105-85(70-36-22-19-23-37-70)62-75(110(7,8)9)63-86(105)71-38-24-20-25-39-71/h19-69H,1-18H3/i28D,29D,30D,31D,32D,33D,34D,35D,42D,43D,44D,45D,46D,47D,48D,49D. The number of para-hydroxylation sites is 4. The van der Waals surface area contributed by atoms with E-state index in [1.54, 1.807) is 9.13 Å². The van der Waals surface area contributed by atoms with Crippen LogP contribution in [0, 0.1) is 0 Å². The topological polar surface area (TPSA) is 34.2 Å². The van der Waals surface area contributed by atoms with Crippen molar-refractivity contribution in [1.82, 2.24) is 18.7 Å². The van der Waals surface area contributed by atoms with Gasteiger partial charge in [0.1, 0.15) is 0 Å². The molecule has 20 rings (SSSR count). The van der Waals surface area contributed by atoms with Crippen LogP contribution < -0.4 is 26.2 Å². The van der Waals surface area contributed by atoms with Gasteiger partial charge in [0.15, 0.2) is 0 Å². The fourth-order valence-electron chi connectivity index (χ4n) is 18.4. The third-order valence-electron chi connectivity index (χ3n) is 24.7. The van der Waals surface area contributed by atoms with Crippen LogP contribution in [0.3, 0.4) is 0 Å². The van der Waals surface area contributed by atoms with E-state index < -0.39 is 125 Å². The number of hydrogen-bond acceptors (Lipinski definition) is 3. The molecule has 0 amide bonds. The molecule has 0 fully saturated rings. The molecule has 2 aliphatic heterocycles. The quantitative estimate of drug-likeness (QED) is 0.135. The lowest BCUT2D eigenvalue weighted by atomic mass is 9.33. The minimum absolute atomic E-state index is 0.0916. The van der Waals surface area contributed by atoms with Crippen molar-refractivity contribution in [2.45, 2.75) is 157 Å². The first-order valence-corrected chi connectivity index (χ1v) is 41.7. The van der Waals surface area contributed by atoms with Gasteiger partial charge in [-0.3, -0.25) is 4.98 Å². The van der Waals surface area contributed by atoms with Gasteiger partial charge in [-0.25, -0.2) is 0 Å². The van der Waals surface area contributed by atoms with Crippen molar-refractivity contribution in [3.8, 4) is 61.6 Å². The van der Waals surface area contributed by atoms with Crippen molar-refractivity contribution in [3.05, 3.63) is 343 Å². The summed E-state index contributed by atoms with van der Waals surface area (Å²) in [4.78, 5) is 10.5. The Labute approximate surface area is 730 Å². The van der Waals surface area contributed by atoms with Crippen molar-refractivity contribution >= 4 is 123 Å². The van der Waals surface area contributed by atoms with E-state index in [1.807, 2.05) is 72.8 Å². The molecule has 0 atom stereocenters. The number of anilines is 6. The zero-order valence-electron chi connectivity index (χ0n) is 87.5. The van der Waals surface area contributed by atoms with Crippen molar-refractivity contribution < 1.29 is 21.9 Å². The highest BCUT2D eigenvalue weighted by molar-refractivity contribution is 7.00. The molecule has 14 aromatic carbocycles. The monoisotopic (exact) mass is 1570 g/mol. The Bertz CT molecular complexity index is 7950. The predicted molar refractivity (Wildman–Crippen MR) is 515 cm³/mol. The van der Waals surface area contributed by atoms with Gasteiger partial charge in [-0.2, -0.15) is 0 Å². The molecule has 18 aromatic rings. The summed E-state index contributed by atoms with van der Waals surface area (Å²) in [6.07, 6.45) is 0. The van der Waals surface area contributed by atoms with Crippen LogP contribution in [-0.2, 0) is 32.5 Å². The maximum absolute atomic E-state index is 10.5. The van der Waals surface area contributed by atoms with E-state index in [9.17, 15) is 21.9 Å². The van der Waals surface area contributed by atoms with E-state index in [1.165, 1.54) is 0 Å². The van der Waals surface area contributed by atoms with E-state index in [2.05, 4.69) is 279 Å². The van der Waals surface area contributed by atoms with Crippen LogP contribution in [0.4, 0.5) is 34.1 Å². The Morgan fingerprint density at radius 3 is 0.975 bits per heavy atom. The Hall–Kier alpha value is -12.7. The van der Waals surface area contributed by atoms with Gasteiger partial charge in [-0.1, -0.05) is 318 Å². The minimum Gasteiger partial charge on any atom is -0.310 e.